The number of aliphatic hydroxyl groups excluding tert-OH is 1. The van der Waals surface area contributed by atoms with Crippen LogP contribution in [0.4, 0.5) is 0 Å². The molecule has 4 nitrogen and oxygen atoms in total. The van der Waals surface area contributed by atoms with Crippen LogP contribution in [0, 0.1) is 70.0 Å². The van der Waals surface area contributed by atoms with E-state index >= 15 is 0 Å². The van der Waals surface area contributed by atoms with Gasteiger partial charge in [0, 0.05) is 11.3 Å². The molecule has 10 rings (SSSR count). The predicted molar refractivity (Wildman–Crippen MR) is 79.0 cm³/mol. The van der Waals surface area contributed by atoms with Crippen molar-refractivity contribution in [3.63, 3.8) is 0 Å². The van der Waals surface area contributed by atoms with Gasteiger partial charge >= 0.3 is 5.97 Å². The Bertz CT molecular complexity index is 747. The Labute approximate surface area is 140 Å². The second kappa shape index (κ2) is 2.90. The molecule has 8 bridgehead atoms. The van der Waals surface area contributed by atoms with Crippen LogP contribution in [0.5, 0.6) is 0 Å². The highest BCUT2D eigenvalue weighted by atomic mass is 16.6. The summed E-state index contributed by atoms with van der Waals surface area (Å²) in [5.41, 5.74) is -0.608. The van der Waals surface area contributed by atoms with Gasteiger partial charge in [-0.25, -0.2) is 0 Å². The lowest BCUT2D eigenvalue weighted by Gasteiger charge is -2.65. The number of hydrogen-bond donors (Lipinski definition) is 1. The van der Waals surface area contributed by atoms with Crippen LogP contribution in [0.15, 0.2) is 0 Å². The Morgan fingerprint density at radius 2 is 1.54 bits per heavy atom. The van der Waals surface area contributed by atoms with Gasteiger partial charge in [-0.15, -0.1) is 0 Å². The summed E-state index contributed by atoms with van der Waals surface area (Å²) in [6.07, 6.45) is 4.37. The lowest BCUT2D eigenvalue weighted by atomic mass is 9.42. The van der Waals surface area contributed by atoms with Crippen molar-refractivity contribution < 1.29 is 19.4 Å². The third-order valence-electron chi connectivity index (χ3n) is 11.5. The van der Waals surface area contributed by atoms with Crippen LogP contribution in [0.1, 0.15) is 25.7 Å². The number of aliphatic hydroxyl groups is 1. The van der Waals surface area contributed by atoms with Crippen molar-refractivity contribution in [1.29, 1.82) is 0 Å². The van der Waals surface area contributed by atoms with Crippen molar-refractivity contribution in [3.8, 4) is 0 Å². The summed E-state index contributed by atoms with van der Waals surface area (Å²) in [7, 11) is 0. The summed E-state index contributed by atoms with van der Waals surface area (Å²) >= 11 is 0. The maximum atomic E-state index is 13.6. The second-order valence-electron chi connectivity index (χ2n) is 10.7. The molecule has 0 unspecified atom stereocenters. The van der Waals surface area contributed by atoms with Gasteiger partial charge in [0.15, 0.2) is 6.29 Å². The minimum absolute atomic E-state index is 0.100. The number of carbonyl (C=O) groups excluding carboxylic acids is 1. The summed E-state index contributed by atoms with van der Waals surface area (Å²) < 4.78 is 12.4. The van der Waals surface area contributed by atoms with Crippen LogP contribution in [-0.2, 0) is 14.3 Å². The number of ether oxygens (including phenoxy) is 2. The van der Waals surface area contributed by atoms with Crippen LogP contribution in [-0.4, -0.2) is 29.6 Å². The molecule has 10 aliphatic rings. The molecule has 1 N–H and O–H groups in total. The Balaban J connectivity index is 1.44. The normalized spacial score (nSPS) is 81.9. The fraction of sp³-hybridized carbons (Fsp3) is 0.950. The van der Waals surface area contributed by atoms with E-state index in [0.717, 1.165) is 12.8 Å². The van der Waals surface area contributed by atoms with Crippen LogP contribution in [0.3, 0.4) is 0 Å². The van der Waals surface area contributed by atoms with Gasteiger partial charge in [0.2, 0.25) is 0 Å². The van der Waals surface area contributed by atoms with Crippen molar-refractivity contribution in [2.24, 2.45) is 70.0 Å². The SMILES string of the molecule is O=C1O[C@@H]2CC[C@@H]3[C@@H]2[C@H]2[C@H]4[C@H]5[C@H]6[C@@H]7CC[C@H]8O[C@H](O)[C@]([C@H]5[C@H]78)([C@@H]34)[C@@]126. The van der Waals surface area contributed by atoms with Crippen molar-refractivity contribution in [1.82, 2.24) is 0 Å². The standard InChI is InChI=1S/C20H22O4/c21-17-19-13-5-1-3-7-9(5)15-11(13)12-14(20(15,19)18(22)23-7)6-2-4-8(24-17)10(6)16(12)19/h5-17,21H,1-4H2/t5-,6-,7-,8-,9+,10-,11+,12+,13+,14-,15+,16+,17+,19-,20-/m1/s1. The first-order chi connectivity index (χ1) is 11.7. The van der Waals surface area contributed by atoms with Crippen LogP contribution in [0.25, 0.3) is 0 Å². The Morgan fingerprint density at radius 3 is 2.42 bits per heavy atom. The fourth-order valence-corrected chi connectivity index (χ4v) is 12.3. The van der Waals surface area contributed by atoms with E-state index in [2.05, 4.69) is 0 Å². The maximum Gasteiger partial charge on any atom is 0.313 e. The Hall–Kier alpha value is -0.610. The number of hydrogen-bond acceptors (Lipinski definition) is 4. The van der Waals surface area contributed by atoms with Gasteiger partial charge in [0.25, 0.3) is 0 Å². The second-order valence-corrected chi connectivity index (χ2v) is 10.7. The molecule has 8 aliphatic carbocycles. The van der Waals surface area contributed by atoms with E-state index in [-0.39, 0.29) is 29.0 Å². The minimum Gasteiger partial charge on any atom is -0.462 e. The molecular formula is C20H22O4. The molecule has 2 spiro atoms. The van der Waals surface area contributed by atoms with E-state index in [1.54, 1.807) is 0 Å². The zero-order valence-corrected chi connectivity index (χ0v) is 13.5. The third-order valence-corrected chi connectivity index (χ3v) is 11.5. The van der Waals surface area contributed by atoms with Gasteiger partial charge in [0.05, 0.1) is 11.5 Å². The molecule has 126 valence electrons. The van der Waals surface area contributed by atoms with E-state index in [4.69, 9.17) is 9.47 Å². The zero-order chi connectivity index (χ0) is 15.3. The van der Waals surface area contributed by atoms with Gasteiger partial charge in [-0.3, -0.25) is 4.79 Å². The summed E-state index contributed by atoms with van der Waals surface area (Å²) in [5.74, 6) is 6.37. The van der Waals surface area contributed by atoms with Gasteiger partial charge in [0.1, 0.15) is 6.10 Å². The Kier molecular flexibility index (Phi) is 1.44. The topological polar surface area (TPSA) is 55.8 Å². The van der Waals surface area contributed by atoms with Gasteiger partial charge in [-0.2, -0.15) is 0 Å². The van der Waals surface area contributed by atoms with Gasteiger partial charge in [-0.1, -0.05) is 0 Å². The summed E-state index contributed by atoms with van der Waals surface area (Å²) in [6, 6.07) is 0. The van der Waals surface area contributed by atoms with Crippen LogP contribution in [0.2, 0.25) is 0 Å². The summed E-state index contributed by atoms with van der Waals surface area (Å²) in [4.78, 5) is 13.6. The quantitative estimate of drug-likeness (QED) is 0.684. The number of carbonyl (C=O) groups is 1. The molecule has 8 saturated carbocycles. The molecule has 0 amide bonds. The molecule has 4 heteroatoms. The molecule has 10 fully saturated rings. The maximum absolute atomic E-state index is 13.6. The fourth-order valence-electron chi connectivity index (χ4n) is 12.3. The lowest BCUT2D eigenvalue weighted by Crippen LogP contribution is -2.72. The minimum atomic E-state index is -0.707. The van der Waals surface area contributed by atoms with E-state index < -0.39 is 6.29 Å². The predicted octanol–water partition coefficient (Wildman–Crippen LogP) is 1.42. The molecular weight excluding hydrogens is 304 g/mol. The van der Waals surface area contributed by atoms with E-state index in [0.29, 0.717) is 59.2 Å². The highest BCUT2D eigenvalue weighted by molar-refractivity contribution is 5.85. The van der Waals surface area contributed by atoms with Crippen molar-refractivity contribution >= 4 is 5.97 Å². The van der Waals surface area contributed by atoms with E-state index in [1.165, 1.54) is 12.8 Å². The number of esters is 1. The van der Waals surface area contributed by atoms with Crippen LogP contribution < -0.4 is 0 Å². The summed E-state index contributed by atoms with van der Waals surface area (Å²) in [5, 5.41) is 11.4. The average molecular weight is 326 g/mol. The molecule has 0 radical (unpaired) electrons. The van der Waals surface area contributed by atoms with Crippen LogP contribution >= 0.6 is 0 Å². The zero-order valence-electron chi connectivity index (χ0n) is 13.5. The molecule has 0 aromatic rings. The first-order valence-corrected chi connectivity index (χ1v) is 10.3. The average Bonchev–Trinajstić information content (AvgIpc) is 3.34. The van der Waals surface area contributed by atoms with Gasteiger partial charge < -0.3 is 14.6 Å². The highest BCUT2D eigenvalue weighted by Crippen LogP contribution is 2.99. The molecule has 0 aromatic heterocycles. The van der Waals surface area contributed by atoms with Gasteiger partial charge in [-0.05, 0) is 78.9 Å². The van der Waals surface area contributed by atoms with Crippen molar-refractivity contribution in [3.05, 3.63) is 0 Å². The monoisotopic (exact) mass is 326 g/mol. The summed E-state index contributed by atoms with van der Waals surface area (Å²) in [6.45, 7) is 0. The van der Waals surface area contributed by atoms with Crippen molar-refractivity contribution in [2.75, 3.05) is 0 Å². The Morgan fingerprint density at radius 1 is 0.833 bits per heavy atom. The van der Waals surface area contributed by atoms with E-state index in [9.17, 15) is 9.90 Å². The molecule has 2 heterocycles. The molecule has 0 aromatic carbocycles. The smallest absolute Gasteiger partial charge is 0.313 e. The third kappa shape index (κ3) is 0.680. The molecule has 2 aliphatic heterocycles. The van der Waals surface area contributed by atoms with Crippen molar-refractivity contribution in [2.45, 2.75) is 44.2 Å². The number of rotatable bonds is 0. The highest BCUT2D eigenvalue weighted by Gasteiger charge is 3.02. The molecule has 15 atom stereocenters. The molecule has 24 heavy (non-hydrogen) atoms. The first-order valence-electron chi connectivity index (χ1n) is 10.3. The lowest BCUT2D eigenvalue weighted by molar-refractivity contribution is -0.335. The largest absolute Gasteiger partial charge is 0.462 e. The first kappa shape index (κ1) is 11.9. The molecule has 2 saturated heterocycles. The van der Waals surface area contributed by atoms with E-state index in [1.807, 2.05) is 0 Å².